The molecule has 1 aliphatic heterocycles. The Morgan fingerprint density at radius 3 is 2.64 bits per heavy atom. The van der Waals surface area contributed by atoms with Crippen LogP contribution in [0.1, 0.15) is 5.56 Å². The van der Waals surface area contributed by atoms with Crippen LogP contribution in [0.4, 0.5) is 16.2 Å². The summed E-state index contributed by atoms with van der Waals surface area (Å²) in [4.78, 5) is 14.7. The number of amides is 2. The maximum Gasteiger partial charge on any atom is 0.319 e. The third-order valence-corrected chi connectivity index (χ3v) is 4.72. The average molecular weight is 406 g/mol. The van der Waals surface area contributed by atoms with Gasteiger partial charge in [-0.3, -0.25) is 0 Å². The number of nitrogens with one attached hydrogen (secondary N) is 2. The summed E-state index contributed by atoms with van der Waals surface area (Å²) in [6.45, 7) is 3.13. The molecule has 28 heavy (non-hydrogen) atoms. The Kier molecular flexibility index (Phi) is 6.84. The number of carbonyl (C=O) groups excluding carboxylic acids is 1. The minimum Gasteiger partial charge on any atom is -0.497 e. The third kappa shape index (κ3) is 4.99. The molecule has 2 aromatic carbocycles. The summed E-state index contributed by atoms with van der Waals surface area (Å²) < 4.78 is 16.0. The van der Waals surface area contributed by atoms with Crippen LogP contribution in [-0.4, -0.2) is 46.6 Å². The summed E-state index contributed by atoms with van der Waals surface area (Å²) in [7, 11) is 3.18. The lowest BCUT2D eigenvalue weighted by Gasteiger charge is -2.30. The number of nitrogens with zero attached hydrogens (tertiary/aromatic N) is 1. The minimum atomic E-state index is -0.332. The SMILES string of the molecule is COc1ccc(OC)c(CNC(=O)Nc2cc(Cl)ccc2N2CCOCC2)c1. The number of benzene rings is 2. The molecule has 2 amide bonds. The summed E-state index contributed by atoms with van der Waals surface area (Å²) in [6.07, 6.45) is 0. The molecule has 0 saturated carbocycles. The number of ether oxygens (including phenoxy) is 3. The first-order valence-corrected chi connectivity index (χ1v) is 9.36. The summed E-state index contributed by atoms with van der Waals surface area (Å²) in [5.41, 5.74) is 2.39. The lowest BCUT2D eigenvalue weighted by molar-refractivity contribution is 0.123. The fourth-order valence-electron chi connectivity index (χ4n) is 3.05. The highest BCUT2D eigenvalue weighted by Gasteiger charge is 2.17. The van der Waals surface area contributed by atoms with Crippen LogP contribution in [0, 0.1) is 0 Å². The second-order valence-corrected chi connectivity index (χ2v) is 6.68. The summed E-state index contributed by atoms with van der Waals surface area (Å²) in [6, 6.07) is 10.6. The number of carbonyl (C=O) groups is 1. The van der Waals surface area contributed by atoms with Gasteiger partial charge in [0.15, 0.2) is 0 Å². The van der Waals surface area contributed by atoms with Gasteiger partial charge in [0.2, 0.25) is 0 Å². The Hall–Kier alpha value is -2.64. The van der Waals surface area contributed by atoms with Gasteiger partial charge in [0, 0.05) is 30.2 Å². The predicted octanol–water partition coefficient (Wildman–Crippen LogP) is 3.52. The van der Waals surface area contributed by atoms with Crippen molar-refractivity contribution in [1.29, 1.82) is 0 Å². The van der Waals surface area contributed by atoms with Crippen LogP contribution in [0.5, 0.6) is 11.5 Å². The third-order valence-electron chi connectivity index (χ3n) is 4.49. The Balaban J connectivity index is 1.69. The van der Waals surface area contributed by atoms with Crippen molar-refractivity contribution < 1.29 is 19.0 Å². The fraction of sp³-hybridized carbons (Fsp3) is 0.350. The van der Waals surface area contributed by atoms with E-state index in [1.165, 1.54) is 0 Å². The van der Waals surface area contributed by atoms with E-state index in [0.29, 0.717) is 42.0 Å². The van der Waals surface area contributed by atoms with Gasteiger partial charge in [0.05, 0.1) is 38.8 Å². The van der Waals surface area contributed by atoms with Gasteiger partial charge >= 0.3 is 6.03 Å². The summed E-state index contributed by atoms with van der Waals surface area (Å²) >= 11 is 6.14. The van der Waals surface area contributed by atoms with Crippen LogP contribution in [0.25, 0.3) is 0 Å². The number of rotatable bonds is 6. The number of hydrogen-bond acceptors (Lipinski definition) is 5. The van der Waals surface area contributed by atoms with Crippen LogP contribution in [-0.2, 0) is 11.3 Å². The van der Waals surface area contributed by atoms with E-state index in [9.17, 15) is 4.79 Å². The van der Waals surface area contributed by atoms with Gasteiger partial charge in [-0.15, -0.1) is 0 Å². The molecule has 1 fully saturated rings. The van der Waals surface area contributed by atoms with Crippen LogP contribution in [0.2, 0.25) is 5.02 Å². The van der Waals surface area contributed by atoms with E-state index in [1.54, 1.807) is 26.4 Å². The first kappa shape index (κ1) is 20.1. The predicted molar refractivity (Wildman–Crippen MR) is 110 cm³/mol. The van der Waals surface area contributed by atoms with Gasteiger partial charge in [0.1, 0.15) is 11.5 Å². The molecule has 3 rings (SSSR count). The van der Waals surface area contributed by atoms with Crippen molar-refractivity contribution in [2.75, 3.05) is 50.7 Å². The van der Waals surface area contributed by atoms with Crippen LogP contribution >= 0.6 is 11.6 Å². The van der Waals surface area contributed by atoms with E-state index in [4.69, 9.17) is 25.8 Å². The largest absolute Gasteiger partial charge is 0.497 e. The number of hydrogen-bond donors (Lipinski definition) is 2. The monoisotopic (exact) mass is 405 g/mol. The molecule has 7 nitrogen and oxygen atoms in total. The Labute approximate surface area is 169 Å². The summed E-state index contributed by atoms with van der Waals surface area (Å²) in [5, 5.41) is 6.30. The highest BCUT2D eigenvalue weighted by Crippen LogP contribution is 2.30. The maximum atomic E-state index is 12.5. The minimum absolute atomic E-state index is 0.291. The van der Waals surface area contributed by atoms with Crippen molar-refractivity contribution in [3.8, 4) is 11.5 Å². The Bertz CT molecular complexity index is 825. The zero-order valence-electron chi connectivity index (χ0n) is 16.0. The number of urea groups is 1. The molecule has 1 heterocycles. The van der Waals surface area contributed by atoms with Crippen molar-refractivity contribution in [2.45, 2.75) is 6.54 Å². The Morgan fingerprint density at radius 2 is 1.93 bits per heavy atom. The van der Waals surface area contributed by atoms with E-state index in [1.807, 2.05) is 24.3 Å². The molecular formula is C20H24ClN3O4. The smallest absolute Gasteiger partial charge is 0.319 e. The zero-order chi connectivity index (χ0) is 19.9. The first-order valence-electron chi connectivity index (χ1n) is 8.98. The van der Waals surface area contributed by atoms with E-state index in [0.717, 1.165) is 24.3 Å². The van der Waals surface area contributed by atoms with Gasteiger partial charge in [0.25, 0.3) is 0 Å². The molecule has 0 radical (unpaired) electrons. The number of morpholine rings is 1. The molecule has 1 aliphatic rings. The normalized spacial score (nSPS) is 13.8. The van der Waals surface area contributed by atoms with E-state index >= 15 is 0 Å². The highest BCUT2D eigenvalue weighted by molar-refractivity contribution is 6.31. The molecule has 0 aliphatic carbocycles. The zero-order valence-corrected chi connectivity index (χ0v) is 16.7. The molecule has 1 saturated heterocycles. The van der Waals surface area contributed by atoms with Crippen LogP contribution < -0.4 is 25.0 Å². The van der Waals surface area contributed by atoms with Gasteiger partial charge in [-0.25, -0.2) is 4.79 Å². The quantitative estimate of drug-likeness (QED) is 0.769. The van der Waals surface area contributed by atoms with Crippen molar-refractivity contribution in [3.05, 3.63) is 47.0 Å². The van der Waals surface area contributed by atoms with Gasteiger partial charge in [-0.2, -0.15) is 0 Å². The van der Waals surface area contributed by atoms with Crippen molar-refractivity contribution in [2.24, 2.45) is 0 Å². The maximum absolute atomic E-state index is 12.5. The fourth-order valence-corrected chi connectivity index (χ4v) is 3.22. The van der Waals surface area contributed by atoms with Gasteiger partial charge in [-0.05, 0) is 36.4 Å². The molecule has 150 valence electrons. The molecule has 2 aromatic rings. The lowest BCUT2D eigenvalue weighted by Crippen LogP contribution is -2.37. The van der Waals surface area contributed by atoms with Crippen molar-refractivity contribution in [1.82, 2.24) is 5.32 Å². The molecule has 2 N–H and O–H groups in total. The molecule has 0 spiro atoms. The van der Waals surface area contributed by atoms with E-state index in [2.05, 4.69) is 15.5 Å². The van der Waals surface area contributed by atoms with Gasteiger partial charge < -0.3 is 29.7 Å². The molecule has 0 unspecified atom stereocenters. The van der Waals surface area contributed by atoms with Crippen molar-refractivity contribution in [3.63, 3.8) is 0 Å². The van der Waals surface area contributed by atoms with E-state index < -0.39 is 0 Å². The Morgan fingerprint density at radius 1 is 1.14 bits per heavy atom. The summed E-state index contributed by atoms with van der Waals surface area (Å²) in [5.74, 6) is 1.38. The second-order valence-electron chi connectivity index (χ2n) is 6.25. The number of halogens is 1. The van der Waals surface area contributed by atoms with Crippen molar-refractivity contribution >= 4 is 29.0 Å². The molecule has 0 aromatic heterocycles. The molecular weight excluding hydrogens is 382 g/mol. The highest BCUT2D eigenvalue weighted by atomic mass is 35.5. The number of methoxy groups -OCH3 is 2. The lowest BCUT2D eigenvalue weighted by atomic mass is 10.2. The second kappa shape index (κ2) is 9.52. The molecule has 0 bridgehead atoms. The molecule has 0 atom stereocenters. The average Bonchev–Trinajstić information content (AvgIpc) is 2.72. The van der Waals surface area contributed by atoms with Crippen LogP contribution in [0.3, 0.4) is 0 Å². The first-order chi connectivity index (χ1) is 13.6. The topological polar surface area (TPSA) is 72.1 Å². The number of anilines is 2. The standard InChI is InChI=1S/C20H24ClN3O4/c1-26-16-4-6-19(27-2)14(11-16)13-22-20(25)23-17-12-15(21)3-5-18(17)24-7-9-28-10-8-24/h3-6,11-12H,7-10,13H2,1-2H3,(H2,22,23,25). The van der Waals surface area contributed by atoms with Crippen LogP contribution in [0.15, 0.2) is 36.4 Å². The van der Waals surface area contributed by atoms with Gasteiger partial charge in [-0.1, -0.05) is 11.6 Å². The molecule has 8 heteroatoms. The van der Waals surface area contributed by atoms with E-state index in [-0.39, 0.29) is 6.03 Å².